The number of hydrogen-bond acceptors (Lipinski definition) is 28. The van der Waals surface area contributed by atoms with E-state index in [1.165, 1.54) is 128 Å². The molecule has 2 fully saturated rings. The van der Waals surface area contributed by atoms with Gasteiger partial charge in [-0.2, -0.15) is 0 Å². The second kappa shape index (κ2) is 46.5. The van der Waals surface area contributed by atoms with Gasteiger partial charge in [0.2, 0.25) is 0 Å². The average Bonchev–Trinajstić information content (AvgIpc) is 1.47. The number of carboxylic acids is 1. The Hall–Kier alpha value is -14.3. The molecule has 18 rings (SSSR count). The van der Waals surface area contributed by atoms with E-state index in [0.717, 1.165) is 5.56 Å². The summed E-state index contributed by atoms with van der Waals surface area (Å²) in [4.78, 5) is 198. The Kier molecular flexibility index (Phi) is 34.0. The van der Waals surface area contributed by atoms with Crippen LogP contribution < -0.4 is 10.6 Å². The minimum atomic E-state index is -4.30. The number of piperazine rings is 2. The molecule has 8 aromatic carbocycles. The van der Waals surface area contributed by atoms with Crippen LogP contribution in [-0.4, -0.2) is 293 Å². The van der Waals surface area contributed by atoms with Crippen LogP contribution >= 0.6 is 30.4 Å². The van der Waals surface area contributed by atoms with Gasteiger partial charge >= 0.3 is 36.4 Å². The zero-order chi connectivity index (χ0) is 108. The first kappa shape index (κ1) is 110. The average molecular weight is 2150 g/mol. The predicted molar refractivity (Wildman–Crippen MR) is 535 cm³/mol. The van der Waals surface area contributed by atoms with Crippen molar-refractivity contribution in [2.45, 2.75) is 85.3 Å². The van der Waals surface area contributed by atoms with Crippen LogP contribution in [0.15, 0.2) is 170 Å². The first-order valence-corrected chi connectivity index (χ1v) is 54.1. The summed E-state index contributed by atoms with van der Waals surface area (Å²) in [5, 5.41) is 59.2. The first-order chi connectivity index (χ1) is 71.3. The largest absolute Gasteiger partial charge is 0.505 e. The third kappa shape index (κ3) is 24.9. The highest BCUT2D eigenvalue weighted by Gasteiger charge is 2.44. The lowest BCUT2D eigenvalue weighted by Gasteiger charge is -2.35. The molecule has 788 valence electrons. The molecule has 2 unspecified atom stereocenters. The molecule has 0 radical (unpaired) electrons. The molecular formula is C101H104F4N14O27P4. The monoisotopic (exact) mass is 2140 g/mol. The van der Waals surface area contributed by atoms with Crippen molar-refractivity contribution in [1.29, 1.82) is 0 Å². The van der Waals surface area contributed by atoms with Crippen LogP contribution in [0.2, 0.25) is 0 Å². The van der Waals surface area contributed by atoms with Gasteiger partial charge in [-0.25, -0.2) is 22.4 Å². The van der Waals surface area contributed by atoms with Gasteiger partial charge in [-0.1, -0.05) is 72.8 Å². The molecule has 0 spiro atoms. The minimum absolute atomic E-state index is 0.00439. The maximum Gasteiger partial charge on any atom is 0.333 e. The number of fused-ring (bicyclic) bond motifs is 8. The number of rotatable bonds is 32. The Balaban J connectivity index is 0.000000150. The number of phenolic OH excluding ortho intramolecular Hbond substituents is 4. The molecule has 2 saturated heterocycles. The SMILES string of the molecule is CC(=O)[C@H](C)OP(=O)(O)CCNC(=O)c1c2c(c(O)c3ncccc13)C(=O)N(Cc1ccc(F)cc1)C2.COP(=O)(CCN1CCN(C(=O)c2c3c(c(O)c4ncccc24)C(=O)N(Cc2ccc(F)cc2)C3)CC1)OC.C[C@H](OP(=O)(O)CCN1CCN(C(=O)c2c3c(c(O)c4ncccc24)C(=O)N(Cc2ccc(F)cc2)C3)CC1)C(=O)O.O=C(NCCP(=O)(O)O)c1c2c(c(O)c3ncccc13)C(=O)N(Cc1ccc(F)cc1)C2. The topological polar surface area (TPSA) is 560 Å². The Bertz CT molecular complexity index is 7510. The van der Waals surface area contributed by atoms with Gasteiger partial charge in [-0.05, 0) is 116 Å². The van der Waals surface area contributed by atoms with Crippen molar-refractivity contribution in [3.05, 3.63) is 283 Å². The van der Waals surface area contributed by atoms with Gasteiger partial charge < -0.3 is 94.2 Å². The van der Waals surface area contributed by atoms with E-state index in [4.69, 9.17) is 33.0 Å². The van der Waals surface area contributed by atoms with Crippen LogP contribution in [0.1, 0.15) is 148 Å². The van der Waals surface area contributed by atoms with Crippen LogP contribution in [-0.2, 0) is 98.3 Å². The lowest BCUT2D eigenvalue weighted by Crippen LogP contribution is -2.49. The van der Waals surface area contributed by atoms with E-state index < -0.39 is 120 Å². The van der Waals surface area contributed by atoms with Gasteiger partial charge in [-0.3, -0.25) is 100 Å². The predicted octanol–water partition coefficient (Wildman–Crippen LogP) is 11.4. The van der Waals surface area contributed by atoms with E-state index in [9.17, 15) is 114 Å². The molecule has 41 nitrogen and oxygen atoms in total. The molecule has 6 aliphatic heterocycles. The number of aromatic hydroxyl groups is 4. The highest BCUT2D eigenvalue weighted by Crippen LogP contribution is 2.50. The van der Waals surface area contributed by atoms with Gasteiger partial charge in [0, 0.05) is 214 Å². The summed E-state index contributed by atoms with van der Waals surface area (Å²) < 4.78 is 121. The normalized spacial score (nSPS) is 15.8. The Morgan fingerprint density at radius 3 is 0.947 bits per heavy atom. The maximum atomic E-state index is 14.0. The number of Topliss-reactive ketones (excluding diaryl/α,β-unsaturated/α-hetero) is 1. The van der Waals surface area contributed by atoms with Crippen molar-refractivity contribution in [3.63, 3.8) is 0 Å². The van der Waals surface area contributed by atoms with Crippen molar-refractivity contribution in [1.82, 2.24) is 69.8 Å². The third-order valence-corrected chi connectivity index (χ3v) is 31.7. The zero-order valence-corrected chi connectivity index (χ0v) is 84.9. The molecule has 0 saturated carbocycles. The number of nitrogens with one attached hydrogen (secondary N) is 2. The second-order valence-corrected chi connectivity index (χ2v) is 44.1. The van der Waals surface area contributed by atoms with Crippen LogP contribution in [0.4, 0.5) is 17.6 Å². The number of carboxylic acid groups (broad SMARTS) is 1. The fourth-order valence-electron chi connectivity index (χ4n) is 18.4. The number of benzene rings is 8. The molecule has 0 bridgehead atoms. The lowest BCUT2D eigenvalue weighted by molar-refractivity contribution is -0.144. The number of halogens is 4. The van der Waals surface area contributed by atoms with Gasteiger partial charge in [-0.15, -0.1) is 0 Å². The van der Waals surface area contributed by atoms with E-state index in [1.807, 2.05) is 4.90 Å². The number of pyridine rings is 4. The maximum absolute atomic E-state index is 14.0. The minimum Gasteiger partial charge on any atom is -0.505 e. The molecule has 8 amide bonds. The van der Waals surface area contributed by atoms with Gasteiger partial charge in [0.05, 0.1) is 69.2 Å². The molecule has 11 N–H and O–H groups in total. The Labute approximate surface area is 853 Å². The number of amides is 8. The number of phenols is 4. The van der Waals surface area contributed by atoms with Gasteiger partial charge in [0.25, 0.3) is 47.3 Å². The molecule has 0 aliphatic carbocycles. The highest BCUT2D eigenvalue weighted by molar-refractivity contribution is 7.54. The quantitative estimate of drug-likeness (QED) is 0.0138. The summed E-state index contributed by atoms with van der Waals surface area (Å²) in [6.07, 6.45) is 2.35. The van der Waals surface area contributed by atoms with Gasteiger partial charge in [0.15, 0.2) is 34.9 Å². The zero-order valence-electron chi connectivity index (χ0n) is 81.3. The van der Waals surface area contributed by atoms with E-state index in [0.29, 0.717) is 119 Å². The smallest absolute Gasteiger partial charge is 0.333 e. The Morgan fingerprint density at radius 2 is 0.660 bits per heavy atom. The van der Waals surface area contributed by atoms with Crippen molar-refractivity contribution >= 4 is 133 Å². The number of aromatic nitrogens is 4. The molecule has 10 heterocycles. The van der Waals surface area contributed by atoms with Gasteiger partial charge in [0.1, 0.15) is 51.4 Å². The molecular weight excluding hydrogens is 2040 g/mol. The van der Waals surface area contributed by atoms with Crippen molar-refractivity contribution in [2.75, 3.05) is 117 Å². The fraction of sp³-hybridized carbons (Fsp3) is 0.307. The number of hydrogen-bond donors (Lipinski definition) is 11. The van der Waals surface area contributed by atoms with Crippen LogP contribution in [0, 0.1) is 23.3 Å². The second-order valence-electron chi connectivity index (χ2n) is 36.1. The number of carbonyl (C=O) groups is 10. The lowest BCUT2D eigenvalue weighted by atomic mass is 9.95. The summed E-state index contributed by atoms with van der Waals surface area (Å²) in [7, 11) is -13.0. The number of ketones is 1. The molecule has 150 heavy (non-hydrogen) atoms. The molecule has 6 aliphatic rings. The highest BCUT2D eigenvalue weighted by atomic mass is 31.2. The molecule has 4 atom stereocenters. The summed E-state index contributed by atoms with van der Waals surface area (Å²) >= 11 is 0. The van der Waals surface area contributed by atoms with E-state index in [1.54, 1.807) is 107 Å². The Morgan fingerprint density at radius 1 is 0.387 bits per heavy atom. The van der Waals surface area contributed by atoms with Crippen molar-refractivity contribution in [3.8, 4) is 23.0 Å². The third-order valence-electron chi connectivity index (χ3n) is 26.2. The van der Waals surface area contributed by atoms with Crippen LogP contribution in [0.25, 0.3) is 43.6 Å². The number of carbonyl (C=O) groups excluding carboxylic acids is 9. The van der Waals surface area contributed by atoms with Crippen LogP contribution in [0.3, 0.4) is 0 Å². The first-order valence-electron chi connectivity index (χ1n) is 47.1. The molecule has 49 heteroatoms. The van der Waals surface area contributed by atoms with Crippen LogP contribution in [0.5, 0.6) is 23.0 Å². The number of aliphatic carboxylic acids is 1. The number of nitrogens with zero attached hydrogens (tertiary/aromatic N) is 12. The van der Waals surface area contributed by atoms with E-state index in [2.05, 4.69) is 35.5 Å². The molecule has 4 aromatic heterocycles. The van der Waals surface area contributed by atoms with E-state index in [-0.39, 0.29) is 192 Å². The van der Waals surface area contributed by atoms with Crippen molar-refractivity contribution < 1.29 is 147 Å². The summed E-state index contributed by atoms with van der Waals surface area (Å²) in [5.41, 5.74) is 5.56. The summed E-state index contributed by atoms with van der Waals surface area (Å²) in [6, 6.07) is 36.0. The van der Waals surface area contributed by atoms with E-state index >= 15 is 0 Å². The fourth-order valence-corrected chi connectivity index (χ4v) is 22.2. The van der Waals surface area contributed by atoms with Crippen molar-refractivity contribution in [2.24, 2.45) is 0 Å². The molecule has 12 aromatic rings. The standard InChI is InChI=1S/C28H30FN4O8P.C27H30FN4O6P.C25H25FN3O7P.C21H19FN3O6P/c1-17(28(37)38)41-42(39,40)14-13-31-9-11-32(12-10-31)26(35)22-20-3-2-8-30-24(20)25(34)23-21(22)16-33(27(23)36)15-18-4-6-19(29)7-5-18;1-37-39(36,38-2)15-14-30-10-12-31(13-11-30)26(34)22-20-4-3-9-29-24(20)25(33)23-21(22)17-32(27(23)35)16-18-5-7-19(28)8-6-18;1-14(30)15(2)36-37(34,35)11-10-28-24(32)20-18-4-3-9-27-22(18)23(31)21-19(20)13-29(25(21)33)12-16-5-7-17(26)8-6-16;22-13-5-3-12(4-6-13)10-25-11-15-16(20(27)24-8-9-32(29,30)31)14-2-1-7-23-18(14)19(26)17(15)21(25)28/h2-8,17,34H,9-16H2,1H3,(H,37,38)(H,39,40);3-9,33H,10-17H2,1-2H3;3-9,15,31H,10-13H2,1-2H3,(H,28,32)(H,34,35);1-7,26H,8-11H2,(H,24,27)(H2,29,30,31)/t17-;;15-;/m0.0./s1. The summed E-state index contributed by atoms with van der Waals surface area (Å²) in [5.74, 6) is -8.25. The summed E-state index contributed by atoms with van der Waals surface area (Å²) in [6.45, 7) is 8.21.